The molecule has 0 saturated heterocycles. The number of hydrogen-bond acceptors (Lipinski definition) is 3. The van der Waals surface area contributed by atoms with Crippen molar-refractivity contribution < 1.29 is 17.6 Å². The van der Waals surface area contributed by atoms with Crippen LogP contribution in [0.5, 0.6) is 0 Å². The van der Waals surface area contributed by atoms with E-state index in [-0.39, 0.29) is 34.3 Å². The van der Waals surface area contributed by atoms with Crippen LogP contribution in [-0.4, -0.2) is 28.6 Å². The van der Waals surface area contributed by atoms with E-state index in [1.807, 2.05) is 6.92 Å². The first-order valence-electron chi connectivity index (χ1n) is 10.6. The van der Waals surface area contributed by atoms with Crippen molar-refractivity contribution in [3.8, 4) is 0 Å². The normalized spacial score (nSPS) is 17.0. The summed E-state index contributed by atoms with van der Waals surface area (Å²) in [7, 11) is 0. The SMILES string of the molecule is CCC(C)c1cc(C(F)(F)F)cc(NC2=NCC(CC)N2C(=S)Nc2cccc(Cl)c2)c1F. The maximum Gasteiger partial charge on any atom is 0.416 e. The predicted octanol–water partition coefficient (Wildman–Crippen LogP) is 7.27. The summed E-state index contributed by atoms with van der Waals surface area (Å²) in [5.41, 5.74) is -0.547. The van der Waals surface area contributed by atoms with Crippen molar-refractivity contribution in [2.75, 3.05) is 17.2 Å². The van der Waals surface area contributed by atoms with E-state index in [9.17, 15) is 13.2 Å². The lowest BCUT2D eigenvalue weighted by molar-refractivity contribution is -0.137. The second-order valence-electron chi connectivity index (χ2n) is 7.90. The first kappa shape index (κ1) is 25.2. The average Bonchev–Trinajstić information content (AvgIpc) is 3.16. The molecule has 3 rings (SSSR count). The maximum atomic E-state index is 15.3. The molecule has 2 aromatic rings. The van der Waals surface area contributed by atoms with Crippen molar-refractivity contribution in [3.05, 3.63) is 58.4 Å². The van der Waals surface area contributed by atoms with Crippen LogP contribution in [0, 0.1) is 5.82 Å². The van der Waals surface area contributed by atoms with Gasteiger partial charge in [-0.25, -0.2) is 4.39 Å². The number of halogens is 5. The van der Waals surface area contributed by atoms with Gasteiger partial charge in [0.05, 0.1) is 23.8 Å². The zero-order chi connectivity index (χ0) is 24.3. The molecule has 0 amide bonds. The van der Waals surface area contributed by atoms with E-state index >= 15 is 4.39 Å². The number of benzene rings is 2. The van der Waals surface area contributed by atoms with Crippen LogP contribution in [0.2, 0.25) is 5.02 Å². The van der Waals surface area contributed by atoms with Gasteiger partial charge in [-0.05, 0) is 66.9 Å². The number of guanidine groups is 1. The van der Waals surface area contributed by atoms with E-state index < -0.39 is 17.6 Å². The minimum atomic E-state index is -4.61. The molecule has 0 fully saturated rings. The molecule has 0 spiro atoms. The van der Waals surface area contributed by atoms with Gasteiger partial charge in [0.25, 0.3) is 0 Å². The molecule has 2 atom stereocenters. The Kier molecular flexibility index (Phi) is 7.84. The van der Waals surface area contributed by atoms with Gasteiger partial charge in [0.2, 0.25) is 5.96 Å². The van der Waals surface area contributed by atoms with Gasteiger partial charge in [0, 0.05) is 10.7 Å². The van der Waals surface area contributed by atoms with Crippen LogP contribution in [-0.2, 0) is 6.18 Å². The van der Waals surface area contributed by atoms with Crippen LogP contribution in [0.25, 0.3) is 0 Å². The Balaban J connectivity index is 1.94. The number of nitrogens with zero attached hydrogens (tertiary/aromatic N) is 2. The monoisotopic (exact) mass is 500 g/mol. The lowest BCUT2D eigenvalue weighted by Gasteiger charge is -2.29. The summed E-state index contributed by atoms with van der Waals surface area (Å²) in [5, 5.41) is 6.65. The first-order chi connectivity index (χ1) is 15.5. The molecule has 2 N–H and O–H groups in total. The Morgan fingerprint density at radius 2 is 2.00 bits per heavy atom. The highest BCUT2D eigenvalue weighted by molar-refractivity contribution is 7.80. The third kappa shape index (κ3) is 5.76. The Hall–Kier alpha value is -2.39. The summed E-state index contributed by atoms with van der Waals surface area (Å²) in [5.74, 6) is -0.924. The van der Waals surface area contributed by atoms with Crippen molar-refractivity contribution in [2.24, 2.45) is 4.99 Å². The van der Waals surface area contributed by atoms with Gasteiger partial charge in [0.1, 0.15) is 5.82 Å². The number of anilines is 2. The summed E-state index contributed by atoms with van der Waals surface area (Å²) in [4.78, 5) is 6.07. The molecule has 0 aromatic heterocycles. The number of thiocarbonyl (C=S) groups is 1. The maximum absolute atomic E-state index is 15.3. The van der Waals surface area contributed by atoms with Gasteiger partial charge in [0.15, 0.2) is 5.11 Å². The summed E-state index contributed by atoms with van der Waals surface area (Å²) in [6, 6.07) is 8.48. The fourth-order valence-electron chi connectivity index (χ4n) is 3.55. The number of rotatable bonds is 5. The van der Waals surface area contributed by atoms with Crippen molar-refractivity contribution in [1.82, 2.24) is 4.90 Å². The molecule has 1 heterocycles. The van der Waals surface area contributed by atoms with Crippen molar-refractivity contribution >= 4 is 46.3 Å². The largest absolute Gasteiger partial charge is 0.416 e. The van der Waals surface area contributed by atoms with E-state index in [2.05, 4.69) is 15.6 Å². The molecule has 1 aliphatic rings. The number of aliphatic imine (C=N–C) groups is 1. The summed E-state index contributed by atoms with van der Waals surface area (Å²) >= 11 is 11.6. The lowest BCUT2D eigenvalue weighted by atomic mass is 9.95. The van der Waals surface area contributed by atoms with Crippen molar-refractivity contribution in [3.63, 3.8) is 0 Å². The molecule has 0 saturated carbocycles. The Labute approximate surface area is 201 Å². The highest BCUT2D eigenvalue weighted by Gasteiger charge is 2.35. The van der Waals surface area contributed by atoms with Crippen LogP contribution in [0.3, 0.4) is 0 Å². The fraction of sp³-hybridized carbons (Fsp3) is 0.391. The second-order valence-corrected chi connectivity index (χ2v) is 8.72. The molecule has 0 bridgehead atoms. The van der Waals surface area contributed by atoms with Crippen LogP contribution >= 0.6 is 23.8 Å². The molecule has 178 valence electrons. The number of alkyl halides is 3. The van der Waals surface area contributed by atoms with Gasteiger partial charge in [-0.15, -0.1) is 0 Å². The van der Waals surface area contributed by atoms with Crippen LogP contribution < -0.4 is 10.6 Å². The predicted molar refractivity (Wildman–Crippen MR) is 130 cm³/mol. The molecule has 10 heteroatoms. The Bertz CT molecular complexity index is 1060. The highest BCUT2D eigenvalue weighted by Crippen LogP contribution is 2.37. The van der Waals surface area contributed by atoms with E-state index in [1.54, 1.807) is 43.0 Å². The standard InChI is InChI=1S/C23H25ClF4N4S/c1-4-13(3)18-9-14(23(26,27)28)10-19(20(18)25)31-21-29-12-17(5-2)32(21)22(33)30-16-8-6-7-15(24)11-16/h6-11,13,17H,4-5,12H2,1-3H3,(H,29,31)(H,30,33). The third-order valence-electron chi connectivity index (χ3n) is 5.63. The minimum Gasteiger partial charge on any atom is -0.332 e. The minimum absolute atomic E-state index is 0.00615. The van der Waals surface area contributed by atoms with Gasteiger partial charge >= 0.3 is 6.18 Å². The first-order valence-corrected chi connectivity index (χ1v) is 11.4. The molecule has 2 aromatic carbocycles. The van der Waals surface area contributed by atoms with Crippen LogP contribution in [0.1, 0.15) is 50.7 Å². The average molecular weight is 501 g/mol. The zero-order valence-corrected chi connectivity index (χ0v) is 20.0. The smallest absolute Gasteiger partial charge is 0.332 e. The van der Waals surface area contributed by atoms with Crippen molar-refractivity contribution in [1.29, 1.82) is 0 Å². The van der Waals surface area contributed by atoms with Crippen LogP contribution in [0.15, 0.2) is 41.4 Å². The second kappa shape index (κ2) is 10.3. The zero-order valence-electron chi connectivity index (χ0n) is 18.4. The van der Waals surface area contributed by atoms with Crippen LogP contribution in [0.4, 0.5) is 28.9 Å². The summed E-state index contributed by atoms with van der Waals surface area (Å²) < 4.78 is 55.8. The summed E-state index contributed by atoms with van der Waals surface area (Å²) in [6.45, 7) is 5.81. The molecule has 4 nitrogen and oxygen atoms in total. The topological polar surface area (TPSA) is 39.7 Å². The quantitative estimate of drug-likeness (QED) is 0.334. The summed E-state index contributed by atoms with van der Waals surface area (Å²) in [6.07, 6.45) is -3.44. The number of hydrogen-bond donors (Lipinski definition) is 2. The number of nitrogens with one attached hydrogen (secondary N) is 2. The van der Waals surface area contributed by atoms with Gasteiger partial charge in [-0.3, -0.25) is 9.89 Å². The van der Waals surface area contributed by atoms with Gasteiger partial charge in [-0.2, -0.15) is 13.2 Å². The highest BCUT2D eigenvalue weighted by atomic mass is 35.5. The molecular formula is C23H25ClF4N4S. The molecular weight excluding hydrogens is 476 g/mol. The van der Waals surface area contributed by atoms with Gasteiger partial charge < -0.3 is 10.6 Å². The van der Waals surface area contributed by atoms with E-state index in [4.69, 9.17) is 23.8 Å². The molecule has 33 heavy (non-hydrogen) atoms. The molecule has 0 aliphatic carbocycles. The van der Waals surface area contributed by atoms with E-state index in [0.717, 1.165) is 12.1 Å². The Morgan fingerprint density at radius 1 is 1.27 bits per heavy atom. The third-order valence-corrected chi connectivity index (χ3v) is 6.16. The molecule has 0 radical (unpaired) electrons. The van der Waals surface area contributed by atoms with E-state index in [1.165, 1.54) is 0 Å². The molecule has 1 aliphatic heterocycles. The van der Waals surface area contributed by atoms with Gasteiger partial charge in [-0.1, -0.05) is 38.4 Å². The fourth-order valence-corrected chi connectivity index (χ4v) is 4.09. The van der Waals surface area contributed by atoms with Crippen molar-refractivity contribution in [2.45, 2.75) is 51.7 Å². The lowest BCUT2D eigenvalue weighted by Crippen LogP contribution is -2.46. The molecule has 2 unspecified atom stereocenters. The Morgan fingerprint density at radius 3 is 2.61 bits per heavy atom. The van der Waals surface area contributed by atoms with E-state index in [0.29, 0.717) is 30.1 Å².